The van der Waals surface area contributed by atoms with E-state index in [1.807, 2.05) is 0 Å². The van der Waals surface area contributed by atoms with Crippen LogP contribution in [0.15, 0.2) is 55.8 Å². The van der Waals surface area contributed by atoms with Crippen LogP contribution in [0.25, 0.3) is 11.2 Å². The minimum Gasteiger partial charge on any atom is -0.359 e. The van der Waals surface area contributed by atoms with Gasteiger partial charge in [0, 0.05) is 18.1 Å². The molecule has 0 unspecified atom stereocenters. The minimum atomic E-state index is -3.87. The zero-order valence-corrected chi connectivity index (χ0v) is 19.1. The van der Waals surface area contributed by atoms with Crippen LogP contribution in [0.3, 0.4) is 0 Å². The molecule has 3 heterocycles. The molecule has 0 aliphatic rings. The highest BCUT2D eigenvalue weighted by Gasteiger charge is 2.30. The number of nitrogens with zero attached hydrogens (tertiary/aromatic N) is 5. The van der Waals surface area contributed by atoms with Crippen LogP contribution in [-0.4, -0.2) is 37.5 Å². The summed E-state index contributed by atoms with van der Waals surface area (Å²) in [5, 5.41) is 3.06. The van der Waals surface area contributed by atoms with Crippen molar-refractivity contribution in [2.75, 3.05) is 0 Å². The van der Waals surface area contributed by atoms with Crippen molar-refractivity contribution in [3.63, 3.8) is 0 Å². The Kier molecular flexibility index (Phi) is 5.55. The number of benzene rings is 1. The van der Waals surface area contributed by atoms with Crippen LogP contribution in [0, 0.1) is 0 Å². The first kappa shape index (κ1) is 22.0. The predicted octanol–water partition coefficient (Wildman–Crippen LogP) is 1.82. The molecule has 0 saturated carbocycles. The third kappa shape index (κ3) is 3.67. The Morgan fingerprint density at radius 3 is 2.34 bits per heavy atom. The van der Waals surface area contributed by atoms with E-state index in [2.05, 4.69) is 10.1 Å². The SMILES string of the molecule is CC(C)S(=O)(=O)c1nc2c(c(=O)n(Cc3ccno3)c(=O)n2C)n1Cc1ccc(Cl)cc1. The largest absolute Gasteiger partial charge is 0.359 e. The van der Waals surface area contributed by atoms with E-state index < -0.39 is 26.3 Å². The van der Waals surface area contributed by atoms with Crippen LogP contribution in [0.1, 0.15) is 25.2 Å². The van der Waals surface area contributed by atoms with E-state index in [9.17, 15) is 18.0 Å². The molecule has 12 heteroatoms. The van der Waals surface area contributed by atoms with Crippen molar-refractivity contribution in [1.82, 2.24) is 23.8 Å². The maximum absolute atomic E-state index is 13.4. The summed E-state index contributed by atoms with van der Waals surface area (Å²) in [6.45, 7) is 2.95. The van der Waals surface area contributed by atoms with Gasteiger partial charge in [-0.05, 0) is 31.5 Å². The maximum atomic E-state index is 13.4. The summed E-state index contributed by atoms with van der Waals surface area (Å²) in [7, 11) is -2.44. The van der Waals surface area contributed by atoms with Gasteiger partial charge in [0.2, 0.25) is 15.0 Å². The molecule has 0 fully saturated rings. The van der Waals surface area contributed by atoms with Crippen molar-refractivity contribution in [1.29, 1.82) is 0 Å². The second kappa shape index (κ2) is 8.06. The Morgan fingerprint density at radius 2 is 1.75 bits per heavy atom. The highest BCUT2D eigenvalue weighted by atomic mass is 35.5. The molecule has 0 atom stereocenters. The highest BCUT2D eigenvalue weighted by Crippen LogP contribution is 2.22. The maximum Gasteiger partial charge on any atom is 0.332 e. The van der Waals surface area contributed by atoms with Gasteiger partial charge in [0.1, 0.15) is 0 Å². The molecular formula is C20H20ClN5O5S. The molecule has 0 spiro atoms. The van der Waals surface area contributed by atoms with Crippen LogP contribution < -0.4 is 11.2 Å². The van der Waals surface area contributed by atoms with Crippen molar-refractivity contribution < 1.29 is 12.9 Å². The second-order valence-electron chi connectivity index (χ2n) is 7.58. The average Bonchev–Trinajstić information content (AvgIpc) is 3.39. The molecule has 4 rings (SSSR count). The number of fused-ring (bicyclic) bond motifs is 1. The summed E-state index contributed by atoms with van der Waals surface area (Å²) in [6, 6.07) is 8.34. The van der Waals surface area contributed by atoms with Crippen LogP contribution in [0.4, 0.5) is 0 Å². The molecule has 3 aromatic heterocycles. The Bertz CT molecular complexity index is 1510. The Morgan fingerprint density at radius 1 is 1.06 bits per heavy atom. The first-order valence-electron chi connectivity index (χ1n) is 9.69. The van der Waals surface area contributed by atoms with Crippen LogP contribution in [0.2, 0.25) is 5.02 Å². The van der Waals surface area contributed by atoms with Crippen molar-refractivity contribution in [3.05, 3.63) is 73.7 Å². The lowest BCUT2D eigenvalue weighted by Crippen LogP contribution is -2.40. The molecule has 0 saturated heterocycles. The fourth-order valence-corrected chi connectivity index (χ4v) is 4.54. The first-order valence-corrected chi connectivity index (χ1v) is 11.6. The second-order valence-corrected chi connectivity index (χ2v) is 10.4. The van der Waals surface area contributed by atoms with Gasteiger partial charge in [0.15, 0.2) is 16.9 Å². The van der Waals surface area contributed by atoms with Crippen LogP contribution in [-0.2, 0) is 30.0 Å². The fraction of sp³-hybridized carbons (Fsp3) is 0.300. The monoisotopic (exact) mass is 477 g/mol. The van der Waals surface area contributed by atoms with Gasteiger partial charge in [0.25, 0.3) is 5.56 Å². The number of rotatable bonds is 6. The molecule has 4 aromatic rings. The quantitative estimate of drug-likeness (QED) is 0.415. The number of sulfone groups is 1. The van der Waals surface area contributed by atoms with Gasteiger partial charge in [-0.3, -0.25) is 13.9 Å². The number of hydrogen-bond acceptors (Lipinski definition) is 7. The van der Waals surface area contributed by atoms with Gasteiger partial charge in [-0.25, -0.2) is 13.2 Å². The van der Waals surface area contributed by atoms with E-state index in [1.54, 1.807) is 24.3 Å². The highest BCUT2D eigenvalue weighted by molar-refractivity contribution is 7.91. The summed E-state index contributed by atoms with van der Waals surface area (Å²) in [4.78, 5) is 30.5. The van der Waals surface area contributed by atoms with Gasteiger partial charge in [-0.2, -0.15) is 4.98 Å². The molecule has 0 aliphatic heterocycles. The molecule has 0 bridgehead atoms. The standard InChI is InChI=1S/C20H20ClN5O5S/c1-12(2)32(29,30)19-23-17-16(25(19)10-13-4-6-14(21)7-5-13)18(27)26(20(28)24(17)3)11-15-8-9-22-31-15/h4-9,12H,10-11H2,1-3H3. The molecule has 0 amide bonds. The summed E-state index contributed by atoms with van der Waals surface area (Å²) in [6.07, 6.45) is 1.40. The smallest absolute Gasteiger partial charge is 0.332 e. The Balaban J connectivity index is 2.04. The first-order chi connectivity index (χ1) is 15.1. The lowest BCUT2D eigenvalue weighted by molar-refractivity contribution is 0.372. The lowest BCUT2D eigenvalue weighted by Gasteiger charge is -2.12. The molecule has 32 heavy (non-hydrogen) atoms. The molecule has 168 valence electrons. The predicted molar refractivity (Wildman–Crippen MR) is 118 cm³/mol. The van der Waals surface area contributed by atoms with Crippen LogP contribution >= 0.6 is 11.6 Å². The number of hydrogen-bond donors (Lipinski definition) is 0. The third-order valence-corrected chi connectivity index (χ3v) is 7.45. The zero-order chi connectivity index (χ0) is 23.2. The van der Waals surface area contributed by atoms with Gasteiger partial charge in [-0.15, -0.1) is 0 Å². The van der Waals surface area contributed by atoms with Crippen molar-refractivity contribution in [2.24, 2.45) is 7.05 Å². The zero-order valence-electron chi connectivity index (χ0n) is 17.5. The van der Waals surface area contributed by atoms with Crippen molar-refractivity contribution in [2.45, 2.75) is 37.3 Å². The number of aryl methyl sites for hydroxylation is 1. The van der Waals surface area contributed by atoms with Gasteiger partial charge in [0.05, 0.1) is 24.5 Å². The van der Waals surface area contributed by atoms with Gasteiger partial charge >= 0.3 is 5.69 Å². The molecular weight excluding hydrogens is 458 g/mol. The summed E-state index contributed by atoms with van der Waals surface area (Å²) in [5.74, 6) is 0.308. The lowest BCUT2D eigenvalue weighted by atomic mass is 10.2. The summed E-state index contributed by atoms with van der Waals surface area (Å²) in [5.41, 5.74) is -0.624. The summed E-state index contributed by atoms with van der Waals surface area (Å²) < 4.78 is 34.7. The van der Waals surface area contributed by atoms with Crippen molar-refractivity contribution in [3.8, 4) is 0 Å². The van der Waals surface area contributed by atoms with Gasteiger partial charge in [-0.1, -0.05) is 28.9 Å². The average molecular weight is 478 g/mol. The number of halogens is 1. The molecule has 10 nitrogen and oxygen atoms in total. The van der Waals surface area contributed by atoms with Crippen LogP contribution in [0.5, 0.6) is 0 Å². The number of aromatic nitrogens is 5. The number of imidazole rings is 1. The molecule has 0 radical (unpaired) electrons. The van der Waals surface area contributed by atoms with Gasteiger partial charge < -0.3 is 9.09 Å². The van der Waals surface area contributed by atoms with E-state index in [0.29, 0.717) is 16.3 Å². The minimum absolute atomic E-state index is 0.000732. The molecule has 0 N–H and O–H groups in total. The van der Waals surface area contributed by atoms with E-state index in [0.717, 1.165) is 9.13 Å². The summed E-state index contributed by atoms with van der Waals surface area (Å²) >= 11 is 5.97. The van der Waals surface area contributed by atoms with E-state index >= 15 is 0 Å². The van der Waals surface area contributed by atoms with E-state index in [4.69, 9.17) is 16.1 Å². The topological polar surface area (TPSA) is 122 Å². The molecule has 1 aromatic carbocycles. The van der Waals surface area contributed by atoms with E-state index in [1.165, 1.54) is 37.7 Å². The van der Waals surface area contributed by atoms with Crippen molar-refractivity contribution >= 4 is 32.6 Å². The Labute approximate surface area is 187 Å². The third-order valence-electron chi connectivity index (χ3n) is 5.13. The normalized spacial score (nSPS) is 12.2. The van der Waals surface area contributed by atoms with E-state index in [-0.39, 0.29) is 29.4 Å². The Hall–Kier alpha value is -3.18. The fourth-order valence-electron chi connectivity index (χ4n) is 3.32. The molecule has 0 aliphatic carbocycles.